The molecule has 2 heterocycles. The molecule has 2 unspecified atom stereocenters. The first-order valence-electron chi connectivity index (χ1n) is 7.10. The number of amides is 2. The van der Waals surface area contributed by atoms with Crippen LogP contribution in [-0.2, 0) is 0 Å². The second kappa shape index (κ2) is 5.48. The van der Waals surface area contributed by atoms with Crippen LogP contribution in [0.3, 0.4) is 0 Å². The smallest absolute Gasteiger partial charge is 0.320 e. The first-order chi connectivity index (χ1) is 9.72. The summed E-state index contributed by atoms with van der Waals surface area (Å²) in [7, 11) is 0. The molecule has 3 rings (SSSR count). The molecule has 20 heavy (non-hydrogen) atoms. The Morgan fingerprint density at radius 1 is 1.40 bits per heavy atom. The highest BCUT2D eigenvalue weighted by Gasteiger charge is 2.22. The number of rotatable bonds is 2. The maximum atomic E-state index is 12.0. The van der Waals surface area contributed by atoms with Gasteiger partial charge in [0.05, 0.1) is 6.20 Å². The SMILES string of the molecule is CC1CCCCC1NC(=O)Nc1cnc2[nH]ccc2n1. The predicted octanol–water partition coefficient (Wildman–Crippen LogP) is 2.66. The Morgan fingerprint density at radius 2 is 2.25 bits per heavy atom. The minimum absolute atomic E-state index is 0.201. The molecule has 0 spiro atoms. The van der Waals surface area contributed by atoms with Crippen molar-refractivity contribution in [1.82, 2.24) is 20.3 Å². The molecule has 1 saturated carbocycles. The number of nitrogens with zero attached hydrogens (tertiary/aromatic N) is 2. The third-order valence-corrected chi connectivity index (χ3v) is 3.93. The van der Waals surface area contributed by atoms with Crippen molar-refractivity contribution >= 4 is 23.0 Å². The van der Waals surface area contributed by atoms with Crippen molar-refractivity contribution < 1.29 is 4.79 Å². The van der Waals surface area contributed by atoms with Gasteiger partial charge in [-0.1, -0.05) is 19.8 Å². The van der Waals surface area contributed by atoms with E-state index in [1.807, 2.05) is 6.07 Å². The van der Waals surface area contributed by atoms with Crippen molar-refractivity contribution in [3.63, 3.8) is 0 Å². The van der Waals surface area contributed by atoms with Gasteiger partial charge >= 0.3 is 6.03 Å². The van der Waals surface area contributed by atoms with E-state index in [-0.39, 0.29) is 12.1 Å². The summed E-state index contributed by atoms with van der Waals surface area (Å²) >= 11 is 0. The molecule has 0 aromatic carbocycles. The second-order valence-corrected chi connectivity index (χ2v) is 5.43. The molecule has 2 aromatic heterocycles. The van der Waals surface area contributed by atoms with Crippen LogP contribution in [0.1, 0.15) is 32.6 Å². The topological polar surface area (TPSA) is 82.7 Å². The Bertz CT molecular complexity index is 608. The van der Waals surface area contributed by atoms with E-state index in [4.69, 9.17) is 0 Å². The van der Waals surface area contributed by atoms with Crippen LogP contribution in [0.4, 0.5) is 10.6 Å². The number of nitrogens with one attached hydrogen (secondary N) is 3. The second-order valence-electron chi connectivity index (χ2n) is 5.43. The molecule has 106 valence electrons. The fourth-order valence-electron chi connectivity index (χ4n) is 2.74. The summed E-state index contributed by atoms with van der Waals surface area (Å²) in [4.78, 5) is 23.5. The zero-order valence-corrected chi connectivity index (χ0v) is 11.5. The monoisotopic (exact) mass is 273 g/mol. The summed E-state index contributed by atoms with van der Waals surface area (Å²) < 4.78 is 0. The van der Waals surface area contributed by atoms with Gasteiger partial charge in [0.1, 0.15) is 5.52 Å². The highest BCUT2D eigenvalue weighted by molar-refractivity contribution is 5.89. The molecular formula is C14H19N5O. The lowest BCUT2D eigenvalue weighted by Crippen LogP contribution is -2.43. The molecule has 1 fully saturated rings. The third-order valence-electron chi connectivity index (χ3n) is 3.93. The third kappa shape index (κ3) is 2.74. The highest BCUT2D eigenvalue weighted by Crippen LogP contribution is 2.23. The van der Waals surface area contributed by atoms with Gasteiger partial charge < -0.3 is 10.3 Å². The molecule has 0 saturated heterocycles. The fourth-order valence-corrected chi connectivity index (χ4v) is 2.74. The van der Waals surface area contributed by atoms with Crippen LogP contribution in [0.15, 0.2) is 18.5 Å². The standard InChI is InChI=1S/C14H19N5O/c1-9-4-2-3-5-10(9)18-14(20)19-12-8-16-13-11(17-12)6-7-15-13/h6-10H,2-5H2,1H3,(H,15,16)(H2,17,18,19,20). The highest BCUT2D eigenvalue weighted by atomic mass is 16.2. The van der Waals surface area contributed by atoms with Crippen LogP contribution in [0, 0.1) is 5.92 Å². The Labute approximate surface area is 117 Å². The minimum Gasteiger partial charge on any atom is -0.345 e. The van der Waals surface area contributed by atoms with Crippen LogP contribution in [0.2, 0.25) is 0 Å². The van der Waals surface area contributed by atoms with Crippen molar-refractivity contribution in [3.8, 4) is 0 Å². The zero-order chi connectivity index (χ0) is 13.9. The number of carbonyl (C=O) groups excluding carboxylic acids is 1. The van der Waals surface area contributed by atoms with E-state index in [0.717, 1.165) is 17.6 Å². The molecule has 2 aromatic rings. The molecule has 1 aliphatic rings. The van der Waals surface area contributed by atoms with Gasteiger partial charge in [-0.15, -0.1) is 0 Å². The number of urea groups is 1. The molecule has 6 heteroatoms. The summed E-state index contributed by atoms with van der Waals surface area (Å²) in [5.41, 5.74) is 1.46. The lowest BCUT2D eigenvalue weighted by Gasteiger charge is -2.29. The van der Waals surface area contributed by atoms with E-state index in [1.165, 1.54) is 19.3 Å². The summed E-state index contributed by atoms with van der Waals surface area (Å²) in [6.07, 6.45) is 8.01. The summed E-state index contributed by atoms with van der Waals surface area (Å²) in [5.74, 6) is 1.01. The number of aromatic amines is 1. The van der Waals surface area contributed by atoms with E-state index in [1.54, 1.807) is 12.4 Å². The molecule has 2 atom stereocenters. The van der Waals surface area contributed by atoms with Crippen LogP contribution in [0.25, 0.3) is 11.2 Å². The first kappa shape index (κ1) is 12.9. The van der Waals surface area contributed by atoms with Gasteiger partial charge in [0.25, 0.3) is 0 Å². The van der Waals surface area contributed by atoms with Gasteiger partial charge in [0, 0.05) is 12.2 Å². The van der Waals surface area contributed by atoms with Gasteiger partial charge in [-0.05, 0) is 24.8 Å². The van der Waals surface area contributed by atoms with Crippen molar-refractivity contribution in [2.24, 2.45) is 5.92 Å². The maximum absolute atomic E-state index is 12.0. The Hall–Kier alpha value is -2.11. The van der Waals surface area contributed by atoms with E-state index in [2.05, 4.69) is 32.5 Å². The lowest BCUT2D eigenvalue weighted by atomic mass is 9.86. The molecule has 0 radical (unpaired) electrons. The number of anilines is 1. The lowest BCUT2D eigenvalue weighted by molar-refractivity contribution is 0.232. The number of H-pyrrole nitrogens is 1. The number of hydrogen-bond acceptors (Lipinski definition) is 3. The van der Waals surface area contributed by atoms with Crippen LogP contribution >= 0.6 is 0 Å². The van der Waals surface area contributed by atoms with Crippen molar-refractivity contribution in [1.29, 1.82) is 0 Å². The van der Waals surface area contributed by atoms with Gasteiger partial charge in [-0.3, -0.25) is 5.32 Å². The molecule has 3 N–H and O–H groups in total. The molecule has 2 amide bonds. The molecule has 0 aliphatic heterocycles. The average molecular weight is 273 g/mol. The molecule has 6 nitrogen and oxygen atoms in total. The molecule has 1 aliphatic carbocycles. The number of hydrogen-bond donors (Lipinski definition) is 3. The molecular weight excluding hydrogens is 254 g/mol. The molecule has 0 bridgehead atoms. The van der Waals surface area contributed by atoms with E-state index in [9.17, 15) is 4.79 Å². The number of carbonyl (C=O) groups is 1. The Kier molecular flexibility index (Phi) is 3.54. The van der Waals surface area contributed by atoms with Crippen molar-refractivity contribution in [2.45, 2.75) is 38.6 Å². The Balaban J connectivity index is 1.63. The summed E-state index contributed by atoms with van der Waals surface area (Å²) in [6.45, 7) is 2.19. The quantitative estimate of drug-likeness (QED) is 0.786. The van der Waals surface area contributed by atoms with Gasteiger partial charge in [0.15, 0.2) is 11.5 Å². The van der Waals surface area contributed by atoms with E-state index < -0.39 is 0 Å². The first-order valence-corrected chi connectivity index (χ1v) is 7.10. The van der Waals surface area contributed by atoms with Gasteiger partial charge in [0.2, 0.25) is 0 Å². The maximum Gasteiger partial charge on any atom is 0.320 e. The normalized spacial score (nSPS) is 22.6. The van der Waals surface area contributed by atoms with Crippen LogP contribution < -0.4 is 10.6 Å². The van der Waals surface area contributed by atoms with Crippen molar-refractivity contribution in [3.05, 3.63) is 18.5 Å². The van der Waals surface area contributed by atoms with E-state index in [0.29, 0.717) is 11.7 Å². The summed E-state index contributed by atoms with van der Waals surface area (Å²) in [6, 6.07) is 1.88. The average Bonchev–Trinajstić information content (AvgIpc) is 2.89. The fraction of sp³-hybridized carbons (Fsp3) is 0.500. The predicted molar refractivity (Wildman–Crippen MR) is 77.5 cm³/mol. The number of aromatic nitrogens is 3. The van der Waals surface area contributed by atoms with E-state index >= 15 is 0 Å². The van der Waals surface area contributed by atoms with Crippen LogP contribution in [-0.4, -0.2) is 27.0 Å². The van der Waals surface area contributed by atoms with Crippen molar-refractivity contribution in [2.75, 3.05) is 5.32 Å². The minimum atomic E-state index is -0.201. The van der Waals surface area contributed by atoms with Gasteiger partial charge in [-0.25, -0.2) is 14.8 Å². The van der Waals surface area contributed by atoms with Gasteiger partial charge in [-0.2, -0.15) is 0 Å². The Morgan fingerprint density at radius 3 is 3.10 bits per heavy atom. The van der Waals surface area contributed by atoms with Crippen LogP contribution in [0.5, 0.6) is 0 Å². The zero-order valence-electron chi connectivity index (χ0n) is 11.5. The number of fused-ring (bicyclic) bond motifs is 1. The summed E-state index contributed by atoms with van der Waals surface area (Å²) in [5, 5.41) is 5.79. The largest absolute Gasteiger partial charge is 0.345 e.